The van der Waals surface area contributed by atoms with Crippen molar-refractivity contribution in [2.75, 3.05) is 11.9 Å². The normalized spacial score (nSPS) is 23.3. The Morgan fingerprint density at radius 3 is 2.17 bits per heavy atom. The van der Waals surface area contributed by atoms with Crippen LogP contribution in [0.4, 0.5) is 5.13 Å². The van der Waals surface area contributed by atoms with Gasteiger partial charge >= 0.3 is 23.9 Å². The minimum Gasteiger partial charge on any atom is -0.463 e. The summed E-state index contributed by atoms with van der Waals surface area (Å²) in [6.45, 7) is 4.31. The first kappa shape index (κ1) is 27.2. The fourth-order valence-electron chi connectivity index (χ4n) is 3.53. The molecule has 0 bridgehead atoms. The summed E-state index contributed by atoms with van der Waals surface area (Å²) >= 11 is 6.77. The molecule has 1 fully saturated rings. The van der Waals surface area contributed by atoms with Crippen LogP contribution >= 0.6 is 23.6 Å². The largest absolute Gasteiger partial charge is 0.463 e. The van der Waals surface area contributed by atoms with Crippen molar-refractivity contribution in [1.82, 2.24) is 10.3 Å². The van der Waals surface area contributed by atoms with E-state index in [1.807, 2.05) is 24.3 Å². The van der Waals surface area contributed by atoms with Crippen LogP contribution < -0.4 is 10.6 Å². The second kappa shape index (κ2) is 12.1. The molecule has 14 heteroatoms. The van der Waals surface area contributed by atoms with Crippen molar-refractivity contribution in [3.8, 4) is 0 Å². The lowest BCUT2D eigenvalue weighted by Gasteiger charge is -2.44. The molecule has 1 aliphatic rings. The van der Waals surface area contributed by atoms with Crippen LogP contribution in [0.5, 0.6) is 0 Å². The highest BCUT2D eigenvalue weighted by Crippen LogP contribution is 2.29. The predicted molar refractivity (Wildman–Crippen MR) is 131 cm³/mol. The van der Waals surface area contributed by atoms with Crippen molar-refractivity contribution in [3.63, 3.8) is 0 Å². The van der Waals surface area contributed by atoms with E-state index >= 15 is 0 Å². The number of nitrogens with zero attached hydrogens (tertiary/aromatic N) is 1. The van der Waals surface area contributed by atoms with Gasteiger partial charge in [0.2, 0.25) is 0 Å². The monoisotopic (exact) mass is 539 g/mol. The molecule has 3 rings (SSSR count). The number of benzene rings is 1. The Morgan fingerprint density at radius 2 is 1.56 bits per heavy atom. The molecule has 2 aromatic rings. The third kappa shape index (κ3) is 7.32. The molecular weight excluding hydrogens is 514 g/mol. The minimum atomic E-state index is -1.30. The second-order valence-electron chi connectivity index (χ2n) is 7.71. The predicted octanol–water partition coefficient (Wildman–Crippen LogP) is 1.67. The molecule has 1 aliphatic heterocycles. The molecule has 0 saturated carbocycles. The number of fused-ring (bicyclic) bond motifs is 1. The molecule has 5 atom stereocenters. The fourth-order valence-corrected chi connectivity index (χ4v) is 4.68. The highest BCUT2D eigenvalue weighted by molar-refractivity contribution is 7.80. The van der Waals surface area contributed by atoms with Crippen molar-refractivity contribution in [1.29, 1.82) is 0 Å². The van der Waals surface area contributed by atoms with E-state index in [-0.39, 0.29) is 11.7 Å². The first-order chi connectivity index (χ1) is 17.0. The highest BCUT2D eigenvalue weighted by Gasteiger charge is 2.52. The summed E-state index contributed by atoms with van der Waals surface area (Å²) in [4.78, 5) is 51.5. The standard InChI is InChI=1S/C22H25N3O9S2/c1-10(26)30-9-15-17(31-11(2)27)18(32-12(3)28)19(33-13(4)29)20(34-15)24-21(35)25-22-23-14-7-5-6-8-16(14)36-22/h5-8,15,17-20H,9H2,1-4H3,(H2,23,24,25,35)/t15-,17-,18+,19-,20-/m1/s1. The number of ether oxygens (including phenoxy) is 5. The van der Waals surface area contributed by atoms with E-state index in [0.29, 0.717) is 5.13 Å². The van der Waals surface area contributed by atoms with E-state index < -0.39 is 54.5 Å². The molecule has 1 aromatic carbocycles. The van der Waals surface area contributed by atoms with Crippen LogP contribution in [0, 0.1) is 0 Å². The first-order valence-electron chi connectivity index (χ1n) is 10.8. The molecule has 0 spiro atoms. The van der Waals surface area contributed by atoms with Gasteiger partial charge in [0.25, 0.3) is 0 Å². The third-order valence-corrected chi connectivity index (χ3v) is 5.95. The van der Waals surface area contributed by atoms with Gasteiger partial charge in [-0.25, -0.2) is 4.98 Å². The summed E-state index contributed by atoms with van der Waals surface area (Å²) in [6.07, 6.45) is -6.09. The average molecular weight is 540 g/mol. The lowest BCUT2D eigenvalue weighted by molar-refractivity contribution is -0.254. The summed E-state index contributed by atoms with van der Waals surface area (Å²) in [5.41, 5.74) is 0.778. The van der Waals surface area contributed by atoms with Gasteiger partial charge in [0, 0.05) is 27.7 Å². The number of hydrogen-bond acceptors (Lipinski definition) is 12. The number of rotatable bonds is 7. The van der Waals surface area contributed by atoms with Gasteiger partial charge in [-0.05, 0) is 24.4 Å². The van der Waals surface area contributed by atoms with Gasteiger partial charge < -0.3 is 34.3 Å². The van der Waals surface area contributed by atoms with Crippen LogP contribution in [0.3, 0.4) is 0 Å². The maximum atomic E-state index is 11.9. The number of nitrogens with one attached hydrogen (secondary N) is 2. The Labute approximate surface area is 215 Å². The molecule has 2 N–H and O–H groups in total. The van der Waals surface area contributed by atoms with Gasteiger partial charge in [-0.2, -0.15) is 0 Å². The van der Waals surface area contributed by atoms with E-state index in [1.54, 1.807) is 0 Å². The zero-order valence-electron chi connectivity index (χ0n) is 19.8. The number of thiazole rings is 1. The second-order valence-corrected chi connectivity index (χ2v) is 9.14. The lowest BCUT2D eigenvalue weighted by Crippen LogP contribution is -2.66. The van der Waals surface area contributed by atoms with Crippen molar-refractivity contribution >= 4 is 67.9 Å². The van der Waals surface area contributed by atoms with Crippen molar-refractivity contribution in [3.05, 3.63) is 24.3 Å². The van der Waals surface area contributed by atoms with Crippen LogP contribution in [-0.4, -0.2) is 71.2 Å². The number of para-hydroxylation sites is 1. The quantitative estimate of drug-likeness (QED) is 0.298. The Balaban J connectivity index is 1.88. The number of anilines is 1. The molecule has 0 unspecified atom stereocenters. The lowest BCUT2D eigenvalue weighted by atomic mass is 9.97. The van der Waals surface area contributed by atoms with E-state index in [4.69, 9.17) is 35.9 Å². The molecule has 36 heavy (non-hydrogen) atoms. The van der Waals surface area contributed by atoms with Gasteiger partial charge in [-0.15, -0.1) is 0 Å². The maximum Gasteiger partial charge on any atom is 0.303 e. The summed E-state index contributed by atoms with van der Waals surface area (Å²) in [5.74, 6) is -2.76. The average Bonchev–Trinajstić information content (AvgIpc) is 3.17. The molecule has 0 aliphatic carbocycles. The van der Waals surface area contributed by atoms with Crippen LogP contribution in [0.2, 0.25) is 0 Å². The molecule has 1 saturated heterocycles. The Hall–Kier alpha value is -3.36. The fraction of sp³-hybridized carbons (Fsp3) is 0.455. The van der Waals surface area contributed by atoms with Gasteiger partial charge in [0.1, 0.15) is 12.7 Å². The number of hydrogen-bond donors (Lipinski definition) is 2. The summed E-state index contributed by atoms with van der Waals surface area (Å²) in [7, 11) is 0. The minimum absolute atomic E-state index is 0.0648. The molecule has 0 amide bonds. The van der Waals surface area contributed by atoms with Gasteiger partial charge in [0.15, 0.2) is 34.8 Å². The van der Waals surface area contributed by atoms with E-state index in [0.717, 1.165) is 31.0 Å². The Bertz CT molecular complexity index is 1120. The van der Waals surface area contributed by atoms with Crippen molar-refractivity contribution in [2.24, 2.45) is 0 Å². The number of carbonyl (C=O) groups excluding carboxylic acids is 4. The third-order valence-electron chi connectivity index (χ3n) is 4.78. The van der Waals surface area contributed by atoms with E-state index in [9.17, 15) is 19.2 Å². The van der Waals surface area contributed by atoms with E-state index in [1.165, 1.54) is 18.3 Å². The van der Waals surface area contributed by atoms with Gasteiger partial charge in [-0.1, -0.05) is 23.5 Å². The Morgan fingerprint density at radius 1 is 0.944 bits per heavy atom. The topological polar surface area (TPSA) is 151 Å². The van der Waals surface area contributed by atoms with Gasteiger partial charge in [0.05, 0.1) is 10.2 Å². The van der Waals surface area contributed by atoms with E-state index in [2.05, 4.69) is 15.6 Å². The highest BCUT2D eigenvalue weighted by atomic mass is 32.1. The van der Waals surface area contributed by atoms with Crippen molar-refractivity contribution in [2.45, 2.75) is 58.3 Å². The molecule has 12 nitrogen and oxygen atoms in total. The SMILES string of the molecule is CC(=O)OC[C@H]1O[C@@H](NC(=S)Nc2nc3ccccc3s2)[C@H](OC(C)=O)[C@@H](OC(C)=O)[C@@H]1OC(C)=O. The number of carbonyl (C=O) groups is 4. The van der Waals surface area contributed by atoms with Crippen molar-refractivity contribution < 1.29 is 42.9 Å². The number of aromatic nitrogens is 1. The molecule has 1 aromatic heterocycles. The zero-order valence-corrected chi connectivity index (χ0v) is 21.5. The smallest absolute Gasteiger partial charge is 0.303 e. The molecule has 0 radical (unpaired) electrons. The zero-order chi connectivity index (χ0) is 26.4. The molecular formula is C22H25N3O9S2. The molecule has 2 heterocycles. The maximum absolute atomic E-state index is 11.9. The number of thiocarbonyl (C=S) groups is 1. The summed E-state index contributed by atoms with van der Waals surface area (Å²) < 4.78 is 28.1. The summed E-state index contributed by atoms with van der Waals surface area (Å²) in [6, 6.07) is 7.51. The van der Waals surface area contributed by atoms with Crippen LogP contribution in [0.1, 0.15) is 27.7 Å². The summed E-state index contributed by atoms with van der Waals surface area (Å²) in [5, 5.41) is 6.39. The van der Waals surface area contributed by atoms with Gasteiger partial charge in [-0.3, -0.25) is 19.2 Å². The van der Waals surface area contributed by atoms with Crippen LogP contribution in [0.25, 0.3) is 10.2 Å². The molecule has 194 valence electrons. The van der Waals surface area contributed by atoms with Crippen LogP contribution in [0.15, 0.2) is 24.3 Å². The first-order valence-corrected chi connectivity index (χ1v) is 12.0. The Kier molecular flexibility index (Phi) is 9.12. The van der Waals surface area contributed by atoms with Crippen LogP contribution in [-0.2, 0) is 42.9 Å². The number of esters is 4.